The number of aryl methyl sites for hydroxylation is 1. The normalized spacial score (nSPS) is 15.4. The Kier molecular flexibility index (Phi) is 5.43. The van der Waals surface area contributed by atoms with Crippen molar-refractivity contribution in [1.82, 2.24) is 19.5 Å². The summed E-state index contributed by atoms with van der Waals surface area (Å²) in [5.74, 6) is 0.670. The molecular formula is C27H23Cl2N5O3. The molecule has 0 fully saturated rings. The Balaban J connectivity index is 1.66. The molecule has 0 spiro atoms. The molecule has 1 atom stereocenters. The van der Waals surface area contributed by atoms with Crippen LogP contribution in [0.2, 0.25) is 10.0 Å². The number of imidazole rings is 1. The molecule has 4 heterocycles. The number of fused-ring (bicyclic) bond motifs is 8. The van der Waals surface area contributed by atoms with Crippen LogP contribution in [-0.4, -0.2) is 39.6 Å². The van der Waals surface area contributed by atoms with Crippen LogP contribution in [0.1, 0.15) is 53.2 Å². The number of aromatic nitrogens is 4. The second-order valence-electron chi connectivity index (χ2n) is 9.31. The van der Waals surface area contributed by atoms with Crippen LogP contribution in [0.5, 0.6) is 11.9 Å². The molecule has 0 saturated heterocycles. The van der Waals surface area contributed by atoms with E-state index in [1.165, 1.54) is 14.2 Å². The molecule has 0 aliphatic carbocycles. The first kappa shape index (κ1) is 23.8. The number of carbonyl (C=O) groups excluding carboxylic acids is 1. The van der Waals surface area contributed by atoms with E-state index >= 15 is 0 Å². The van der Waals surface area contributed by atoms with E-state index in [2.05, 4.69) is 28.4 Å². The van der Waals surface area contributed by atoms with Crippen molar-refractivity contribution in [2.75, 3.05) is 19.1 Å². The standard InChI is InChI=1S/C27H23Cl2N5O3/c1-12(2)33-23-20(31-24(33)17-11-30-27(37-5)32-25(17)36-4)26(35)34-21-13(3)6-9-18(29)19(21)16-10-14(28)7-8-15(16)22(23)34/h6-12,22H,1-5H3/t22-/m1/s1. The van der Waals surface area contributed by atoms with Crippen molar-refractivity contribution in [2.45, 2.75) is 32.9 Å². The van der Waals surface area contributed by atoms with Gasteiger partial charge in [-0.2, -0.15) is 4.98 Å². The first-order valence-electron chi connectivity index (χ1n) is 11.8. The Bertz CT molecular complexity index is 1610. The summed E-state index contributed by atoms with van der Waals surface area (Å²) in [6.45, 7) is 6.08. The zero-order chi connectivity index (χ0) is 26.2. The summed E-state index contributed by atoms with van der Waals surface area (Å²) in [5, 5.41) is 1.16. The quantitative estimate of drug-likeness (QED) is 0.305. The molecule has 1 amide bonds. The van der Waals surface area contributed by atoms with Gasteiger partial charge in [-0.1, -0.05) is 35.3 Å². The van der Waals surface area contributed by atoms with E-state index < -0.39 is 6.04 Å². The Hall–Kier alpha value is -3.62. The molecule has 4 aromatic rings. The van der Waals surface area contributed by atoms with Gasteiger partial charge < -0.3 is 14.0 Å². The molecule has 0 saturated carbocycles. The lowest BCUT2D eigenvalue weighted by atomic mass is 9.86. The fourth-order valence-corrected chi connectivity index (χ4v) is 5.85. The van der Waals surface area contributed by atoms with Crippen molar-refractivity contribution in [2.24, 2.45) is 0 Å². The van der Waals surface area contributed by atoms with Gasteiger partial charge in [0, 0.05) is 22.8 Å². The van der Waals surface area contributed by atoms with Crippen LogP contribution in [0, 0.1) is 6.92 Å². The predicted octanol–water partition coefficient (Wildman–Crippen LogP) is 6.28. The van der Waals surface area contributed by atoms with Gasteiger partial charge in [-0.05, 0) is 55.7 Å². The number of carbonyl (C=O) groups is 1. The molecule has 2 aromatic carbocycles. The highest BCUT2D eigenvalue weighted by Gasteiger charge is 2.49. The maximum absolute atomic E-state index is 14.1. The second kappa shape index (κ2) is 8.46. The number of benzene rings is 2. The minimum atomic E-state index is -0.409. The highest BCUT2D eigenvalue weighted by Crippen LogP contribution is 2.56. The van der Waals surface area contributed by atoms with E-state index in [1.807, 2.05) is 42.2 Å². The Morgan fingerprint density at radius 3 is 2.51 bits per heavy atom. The summed E-state index contributed by atoms with van der Waals surface area (Å²) in [6, 6.07) is 9.24. The van der Waals surface area contributed by atoms with Gasteiger partial charge in [-0.15, -0.1) is 0 Å². The van der Waals surface area contributed by atoms with Crippen LogP contribution in [-0.2, 0) is 0 Å². The van der Waals surface area contributed by atoms with Gasteiger partial charge in [0.15, 0.2) is 5.69 Å². The van der Waals surface area contributed by atoms with Crippen molar-refractivity contribution in [3.05, 3.63) is 69.1 Å². The number of anilines is 1. The lowest BCUT2D eigenvalue weighted by Gasteiger charge is -2.36. The summed E-state index contributed by atoms with van der Waals surface area (Å²) in [4.78, 5) is 29.4. The molecule has 2 aliphatic heterocycles. The van der Waals surface area contributed by atoms with Gasteiger partial charge in [-0.3, -0.25) is 9.69 Å². The van der Waals surface area contributed by atoms with Crippen molar-refractivity contribution < 1.29 is 14.3 Å². The average Bonchev–Trinajstić information content (AvgIpc) is 3.41. The largest absolute Gasteiger partial charge is 0.480 e. The minimum absolute atomic E-state index is 0.0385. The predicted molar refractivity (Wildman–Crippen MR) is 142 cm³/mol. The third kappa shape index (κ3) is 3.29. The van der Waals surface area contributed by atoms with Gasteiger partial charge in [-0.25, -0.2) is 9.97 Å². The zero-order valence-electron chi connectivity index (χ0n) is 20.8. The summed E-state index contributed by atoms with van der Waals surface area (Å²) >= 11 is 13.2. The molecule has 2 aliphatic rings. The average molecular weight is 536 g/mol. The summed E-state index contributed by atoms with van der Waals surface area (Å²) < 4.78 is 12.8. The lowest BCUT2D eigenvalue weighted by molar-refractivity contribution is 0.0989. The lowest BCUT2D eigenvalue weighted by Crippen LogP contribution is -2.34. The molecule has 0 unspecified atom stereocenters. The molecule has 6 rings (SSSR count). The van der Waals surface area contributed by atoms with Crippen molar-refractivity contribution in [3.63, 3.8) is 0 Å². The smallest absolute Gasteiger partial charge is 0.319 e. The molecule has 2 aromatic heterocycles. The maximum Gasteiger partial charge on any atom is 0.319 e. The van der Waals surface area contributed by atoms with E-state index in [9.17, 15) is 4.79 Å². The molecule has 188 valence electrons. The highest BCUT2D eigenvalue weighted by atomic mass is 35.5. The topological polar surface area (TPSA) is 82.4 Å². The molecule has 0 radical (unpaired) electrons. The van der Waals surface area contributed by atoms with Crippen LogP contribution in [0.4, 0.5) is 5.69 Å². The van der Waals surface area contributed by atoms with Gasteiger partial charge in [0.2, 0.25) is 5.88 Å². The zero-order valence-corrected chi connectivity index (χ0v) is 22.3. The molecule has 0 bridgehead atoms. The second-order valence-corrected chi connectivity index (χ2v) is 10.2. The van der Waals surface area contributed by atoms with Crippen LogP contribution in [0.3, 0.4) is 0 Å². The van der Waals surface area contributed by atoms with E-state index in [-0.39, 0.29) is 18.0 Å². The van der Waals surface area contributed by atoms with E-state index in [0.29, 0.717) is 33.0 Å². The third-order valence-corrected chi connectivity index (χ3v) is 7.45. The van der Waals surface area contributed by atoms with Crippen molar-refractivity contribution >= 4 is 34.8 Å². The van der Waals surface area contributed by atoms with Crippen molar-refractivity contribution in [1.29, 1.82) is 0 Å². The van der Waals surface area contributed by atoms with Gasteiger partial charge in [0.1, 0.15) is 11.9 Å². The van der Waals surface area contributed by atoms with E-state index in [1.54, 1.807) is 6.20 Å². The van der Waals surface area contributed by atoms with Gasteiger partial charge in [0.25, 0.3) is 5.91 Å². The minimum Gasteiger partial charge on any atom is -0.480 e. The molecule has 0 N–H and O–H groups in total. The molecule has 8 nitrogen and oxygen atoms in total. The number of hydrogen-bond acceptors (Lipinski definition) is 6. The first-order chi connectivity index (χ1) is 17.8. The van der Waals surface area contributed by atoms with Gasteiger partial charge in [0.05, 0.1) is 36.2 Å². The fourth-order valence-electron chi connectivity index (χ4n) is 5.43. The van der Waals surface area contributed by atoms with E-state index in [4.69, 9.17) is 37.7 Å². The highest BCUT2D eigenvalue weighted by molar-refractivity contribution is 6.35. The van der Waals surface area contributed by atoms with Crippen LogP contribution >= 0.6 is 23.2 Å². The van der Waals surface area contributed by atoms with Crippen LogP contribution < -0.4 is 14.4 Å². The van der Waals surface area contributed by atoms with Crippen LogP contribution in [0.25, 0.3) is 22.5 Å². The number of ether oxygens (including phenoxy) is 2. The van der Waals surface area contributed by atoms with Crippen molar-refractivity contribution in [3.8, 4) is 34.4 Å². The Labute approximate surface area is 223 Å². The monoisotopic (exact) mass is 535 g/mol. The van der Waals surface area contributed by atoms with E-state index in [0.717, 1.165) is 33.6 Å². The summed E-state index contributed by atoms with van der Waals surface area (Å²) in [6.07, 6.45) is 1.61. The van der Waals surface area contributed by atoms with Crippen LogP contribution in [0.15, 0.2) is 36.5 Å². The fraction of sp³-hybridized carbons (Fsp3) is 0.259. The SMILES string of the molecule is COc1ncc(-c2nc3c(n2C(C)C)[C@H]2c4ccc(Cl)cc4-c4c(Cl)ccc(C)c4N2C3=O)c(OC)n1. The first-order valence-corrected chi connectivity index (χ1v) is 12.5. The number of hydrogen-bond donors (Lipinski definition) is 0. The number of amides is 1. The Morgan fingerprint density at radius 1 is 1.03 bits per heavy atom. The number of halogens is 2. The number of rotatable bonds is 4. The number of methoxy groups -OCH3 is 2. The Morgan fingerprint density at radius 2 is 1.81 bits per heavy atom. The molecule has 37 heavy (non-hydrogen) atoms. The third-order valence-electron chi connectivity index (χ3n) is 6.90. The summed E-state index contributed by atoms with van der Waals surface area (Å²) in [7, 11) is 3.02. The maximum atomic E-state index is 14.1. The number of nitrogens with zero attached hydrogens (tertiary/aromatic N) is 5. The van der Waals surface area contributed by atoms with Gasteiger partial charge >= 0.3 is 6.01 Å². The summed E-state index contributed by atoms with van der Waals surface area (Å²) in [5.41, 5.74) is 6.09. The molecule has 10 heteroatoms. The molecular weight excluding hydrogens is 513 g/mol.